The highest BCUT2D eigenvalue weighted by Gasteiger charge is 2.44. The molecule has 0 fully saturated rings. The van der Waals surface area contributed by atoms with Crippen molar-refractivity contribution >= 4 is 16.8 Å². The molecule has 3 atom stereocenters. The second-order valence-corrected chi connectivity index (χ2v) is 16.5. The Morgan fingerprint density at radius 1 is 0.738 bits per heavy atom. The summed E-state index contributed by atoms with van der Waals surface area (Å²) in [5.74, 6) is -6.01. The molecule has 1 heterocycles. The second kappa shape index (κ2) is 17.8. The number of carbonyl (C=O) groups is 1. The number of phenols is 7. The van der Waals surface area contributed by atoms with Gasteiger partial charge in [0.2, 0.25) is 5.43 Å². The van der Waals surface area contributed by atoms with E-state index in [0.717, 1.165) is 34.4 Å². The lowest BCUT2D eigenvalue weighted by molar-refractivity contribution is 0.0877. The summed E-state index contributed by atoms with van der Waals surface area (Å²) in [5.41, 5.74) is 3.20. The number of hydrogen-bond acceptors (Lipinski definition) is 11. The summed E-state index contributed by atoms with van der Waals surface area (Å²) in [4.78, 5) is 30.0. The lowest BCUT2D eigenvalue weighted by Gasteiger charge is -2.37. The van der Waals surface area contributed by atoms with Crippen LogP contribution < -0.4 is 10.2 Å². The van der Waals surface area contributed by atoms with Crippen LogP contribution in [0.15, 0.2) is 110 Å². The van der Waals surface area contributed by atoms with Crippen LogP contribution in [0.1, 0.15) is 99.3 Å². The molecule has 1 aliphatic rings. The number of aromatic hydroxyl groups is 7. The van der Waals surface area contributed by atoms with Gasteiger partial charge in [0.25, 0.3) is 0 Å². The van der Waals surface area contributed by atoms with E-state index in [4.69, 9.17) is 9.15 Å². The van der Waals surface area contributed by atoms with Gasteiger partial charge in [-0.05, 0) is 110 Å². The monoisotopic (exact) mass is 828 g/mol. The van der Waals surface area contributed by atoms with Gasteiger partial charge in [-0.25, -0.2) is 0 Å². The van der Waals surface area contributed by atoms with Gasteiger partial charge in [-0.1, -0.05) is 46.6 Å². The third-order valence-corrected chi connectivity index (χ3v) is 11.0. The van der Waals surface area contributed by atoms with Gasteiger partial charge >= 0.3 is 0 Å². The summed E-state index contributed by atoms with van der Waals surface area (Å²) in [7, 11) is 0. The van der Waals surface area contributed by atoms with Crippen LogP contribution in [0.3, 0.4) is 0 Å². The minimum atomic E-state index is -1.23. The number of phenolic OH excluding ortho intramolecular Hbond substituents is 7. The smallest absolute Gasteiger partial charge is 0.200 e. The summed E-state index contributed by atoms with van der Waals surface area (Å²) in [5, 5.41) is 78.4. The predicted octanol–water partition coefficient (Wildman–Crippen LogP) is 10.5. The zero-order valence-electron chi connectivity index (χ0n) is 35.3. The molecule has 7 N–H and O–H groups in total. The molecule has 5 aromatic rings. The third-order valence-electron chi connectivity index (χ3n) is 11.0. The van der Waals surface area contributed by atoms with E-state index in [1.165, 1.54) is 30.3 Å². The van der Waals surface area contributed by atoms with E-state index >= 15 is 4.79 Å². The molecule has 0 amide bonds. The highest BCUT2D eigenvalue weighted by Crippen LogP contribution is 2.54. The Hall–Kier alpha value is -6.88. The fourth-order valence-electron chi connectivity index (χ4n) is 7.99. The quantitative estimate of drug-likeness (QED) is 0.0466. The van der Waals surface area contributed by atoms with E-state index in [9.17, 15) is 40.5 Å². The van der Waals surface area contributed by atoms with Crippen LogP contribution in [0.5, 0.6) is 46.0 Å². The molecule has 1 aromatic heterocycles. The molecule has 0 aliphatic heterocycles. The van der Waals surface area contributed by atoms with E-state index in [0.29, 0.717) is 11.3 Å². The minimum Gasteiger partial charge on any atom is -0.508 e. The highest BCUT2D eigenvalue weighted by atomic mass is 16.5. The molecular weight excluding hydrogens is 777 g/mol. The summed E-state index contributed by atoms with van der Waals surface area (Å²) in [6, 6.07) is 12.3. The largest absolute Gasteiger partial charge is 0.508 e. The van der Waals surface area contributed by atoms with Crippen LogP contribution in [0, 0.1) is 5.92 Å². The van der Waals surface area contributed by atoms with Crippen LogP contribution in [0.25, 0.3) is 22.3 Å². The maximum atomic E-state index is 15.2. The Balaban J connectivity index is 1.66. The summed E-state index contributed by atoms with van der Waals surface area (Å²) < 4.78 is 12.5. The van der Waals surface area contributed by atoms with Crippen molar-refractivity contribution in [1.29, 1.82) is 0 Å². The number of ketones is 1. The number of hydrogen-bond donors (Lipinski definition) is 7. The number of Topliss-reactive ketones (excluding diaryl/α,β-unsaturated/α-hetero) is 1. The van der Waals surface area contributed by atoms with E-state index in [1.54, 1.807) is 30.4 Å². The Morgan fingerprint density at radius 3 is 2.05 bits per heavy atom. The first kappa shape index (κ1) is 43.7. The van der Waals surface area contributed by atoms with Gasteiger partial charge in [0.15, 0.2) is 5.78 Å². The molecule has 0 bridgehead atoms. The van der Waals surface area contributed by atoms with E-state index < -0.39 is 46.2 Å². The van der Waals surface area contributed by atoms with Crippen molar-refractivity contribution in [2.24, 2.45) is 5.92 Å². The number of carbonyl (C=O) groups excluding carboxylic acids is 1. The first-order chi connectivity index (χ1) is 28.9. The van der Waals surface area contributed by atoms with Crippen molar-refractivity contribution in [2.45, 2.75) is 79.6 Å². The first-order valence-corrected chi connectivity index (χ1v) is 20.1. The molecule has 0 spiro atoms. The molecule has 0 radical (unpaired) electrons. The van der Waals surface area contributed by atoms with Crippen LogP contribution in [0.2, 0.25) is 0 Å². The van der Waals surface area contributed by atoms with Gasteiger partial charge in [-0.15, -0.1) is 0 Å². The normalized spacial score (nSPS) is 16.1. The molecule has 61 heavy (non-hydrogen) atoms. The molecule has 11 nitrogen and oxygen atoms in total. The third kappa shape index (κ3) is 9.01. The lowest BCUT2D eigenvalue weighted by atomic mass is 9.65. The second-order valence-electron chi connectivity index (χ2n) is 16.5. The van der Waals surface area contributed by atoms with E-state index in [2.05, 4.69) is 0 Å². The zero-order valence-corrected chi connectivity index (χ0v) is 35.3. The van der Waals surface area contributed by atoms with Crippen molar-refractivity contribution in [3.05, 3.63) is 139 Å². The van der Waals surface area contributed by atoms with Gasteiger partial charge in [0.1, 0.15) is 69.3 Å². The van der Waals surface area contributed by atoms with Gasteiger partial charge < -0.3 is 44.9 Å². The number of fused-ring (bicyclic) bond motifs is 1. The fraction of sp³-hybridized carbons (Fsp3) is 0.280. The SMILES string of the molecule is CC(C)=CCOc1ccc(-c2oc3c([C@H]4C=C(C)C[C@@H](c5ccc(O)cc5O)[C@@H]4C(=O)c4ccc(O)c(CC=C(C)C)c4O)c(O)cc(O)c3c(=O)c2CC=C(C)C)c(O)c1. The topological polar surface area (TPSA) is 198 Å². The first-order valence-electron chi connectivity index (χ1n) is 20.1. The van der Waals surface area contributed by atoms with Crippen molar-refractivity contribution in [3.63, 3.8) is 0 Å². The number of rotatable bonds is 12. The summed E-state index contributed by atoms with van der Waals surface area (Å²) >= 11 is 0. The molecule has 0 saturated carbocycles. The maximum absolute atomic E-state index is 15.2. The Kier molecular flexibility index (Phi) is 12.7. The van der Waals surface area contributed by atoms with Gasteiger partial charge in [0, 0.05) is 52.6 Å². The van der Waals surface area contributed by atoms with E-state index in [1.807, 2.05) is 54.5 Å². The van der Waals surface area contributed by atoms with Crippen molar-refractivity contribution in [3.8, 4) is 57.3 Å². The van der Waals surface area contributed by atoms with Gasteiger partial charge in [0.05, 0.1) is 11.1 Å². The molecule has 6 rings (SSSR count). The summed E-state index contributed by atoms with van der Waals surface area (Å²) in [6.07, 6.45) is 7.64. The highest BCUT2D eigenvalue weighted by molar-refractivity contribution is 6.03. The summed E-state index contributed by atoms with van der Waals surface area (Å²) in [6.45, 7) is 13.4. The van der Waals surface area contributed by atoms with Crippen LogP contribution in [0.4, 0.5) is 0 Å². The maximum Gasteiger partial charge on any atom is 0.200 e. The molecule has 0 saturated heterocycles. The average molecular weight is 829 g/mol. The zero-order chi connectivity index (χ0) is 44.4. The predicted molar refractivity (Wildman–Crippen MR) is 235 cm³/mol. The Morgan fingerprint density at radius 2 is 1.41 bits per heavy atom. The van der Waals surface area contributed by atoms with Crippen LogP contribution in [-0.4, -0.2) is 48.1 Å². The van der Waals surface area contributed by atoms with Crippen molar-refractivity contribution < 1.29 is 49.7 Å². The minimum absolute atomic E-state index is 0.0372. The molecule has 1 aliphatic carbocycles. The van der Waals surface area contributed by atoms with Gasteiger partial charge in [-0.2, -0.15) is 0 Å². The lowest BCUT2D eigenvalue weighted by Crippen LogP contribution is -2.32. The molecular formula is C50H52O11. The molecule has 318 valence electrons. The van der Waals surface area contributed by atoms with Crippen molar-refractivity contribution in [2.75, 3.05) is 6.61 Å². The number of allylic oxidation sites excluding steroid dienone is 7. The Bertz CT molecular complexity index is 2720. The molecule has 11 heteroatoms. The molecule has 4 aromatic carbocycles. The van der Waals surface area contributed by atoms with Crippen LogP contribution >= 0.6 is 0 Å². The molecule has 0 unspecified atom stereocenters. The fourth-order valence-corrected chi connectivity index (χ4v) is 7.99. The number of ether oxygens (including phenoxy) is 1. The van der Waals surface area contributed by atoms with Crippen molar-refractivity contribution in [1.82, 2.24) is 0 Å². The average Bonchev–Trinajstić information content (AvgIpc) is 3.16. The Labute approximate surface area is 354 Å². The van der Waals surface area contributed by atoms with Gasteiger partial charge in [-0.3, -0.25) is 9.59 Å². The standard InChI is InChI=1S/C50H52O11/c1-25(2)8-12-32-38(52)17-16-34(46(32)57)47(58)43-36(31-14-10-29(51)22-39(31)53)20-28(7)21-37(43)44-41(55)24-42(56)45-48(59)35(13-9-26(3)4)49(61-50(44)45)33-15-11-30(23-40(33)54)60-19-18-27(5)6/h8-11,14-18,21-24,36-37,43,51-57H,12-13,19-20H2,1-7H3/t36-,37-,43-/m0/s1. The number of benzene rings is 4. The van der Waals surface area contributed by atoms with Crippen LogP contribution in [-0.2, 0) is 12.8 Å². The van der Waals surface area contributed by atoms with E-state index in [-0.39, 0.29) is 93.4 Å².